The van der Waals surface area contributed by atoms with E-state index >= 15 is 0 Å². The van der Waals surface area contributed by atoms with Gasteiger partial charge in [-0.3, -0.25) is 0 Å². The highest BCUT2D eigenvalue weighted by atomic mass is 14.9. The van der Waals surface area contributed by atoms with Gasteiger partial charge in [0.1, 0.15) is 0 Å². The van der Waals surface area contributed by atoms with Crippen molar-refractivity contribution in [3.63, 3.8) is 0 Å². The molecule has 1 aliphatic rings. The predicted octanol–water partition coefficient (Wildman–Crippen LogP) is 2.40. The van der Waals surface area contributed by atoms with Crippen molar-refractivity contribution < 1.29 is 0 Å². The molecule has 0 aromatic carbocycles. The number of aromatic nitrogens is 2. The average molecular weight is 162 g/mol. The molecule has 0 bridgehead atoms. The summed E-state index contributed by atoms with van der Waals surface area (Å²) in [4.78, 5) is 7.41. The molecule has 1 aromatic rings. The van der Waals surface area contributed by atoms with Gasteiger partial charge < -0.3 is 4.98 Å². The summed E-state index contributed by atoms with van der Waals surface area (Å²) < 4.78 is 0. The molecular formula is C10H14N2. The summed E-state index contributed by atoms with van der Waals surface area (Å²) in [6, 6.07) is 0. The Balaban J connectivity index is 2.36. The van der Waals surface area contributed by atoms with E-state index in [1.54, 1.807) is 6.33 Å². The van der Waals surface area contributed by atoms with Crippen LogP contribution in [0.4, 0.5) is 0 Å². The molecule has 0 atom stereocenters. The lowest BCUT2D eigenvalue weighted by Gasteiger charge is -2.17. The van der Waals surface area contributed by atoms with Gasteiger partial charge in [0.05, 0.1) is 12.0 Å². The molecule has 0 unspecified atom stereocenters. The van der Waals surface area contributed by atoms with Crippen LogP contribution in [0, 0.1) is 5.41 Å². The van der Waals surface area contributed by atoms with E-state index in [4.69, 9.17) is 0 Å². The Kier molecular flexibility index (Phi) is 1.56. The Labute approximate surface area is 72.7 Å². The van der Waals surface area contributed by atoms with E-state index in [2.05, 4.69) is 36.0 Å². The van der Waals surface area contributed by atoms with Gasteiger partial charge in [0, 0.05) is 5.69 Å². The van der Waals surface area contributed by atoms with Crippen LogP contribution < -0.4 is 0 Å². The third kappa shape index (κ3) is 1.29. The smallest absolute Gasteiger partial charge is 0.0929 e. The van der Waals surface area contributed by atoms with Gasteiger partial charge in [0.15, 0.2) is 0 Å². The second kappa shape index (κ2) is 2.47. The maximum atomic E-state index is 4.24. The lowest BCUT2D eigenvalue weighted by molar-refractivity contribution is 0.441. The first kappa shape index (κ1) is 7.59. The molecule has 12 heavy (non-hydrogen) atoms. The van der Waals surface area contributed by atoms with Crippen LogP contribution in [0.15, 0.2) is 12.4 Å². The minimum Gasteiger partial charge on any atom is -0.348 e. The molecule has 0 fully saturated rings. The molecule has 0 saturated carbocycles. The van der Waals surface area contributed by atoms with Gasteiger partial charge in [0.25, 0.3) is 0 Å². The van der Waals surface area contributed by atoms with E-state index in [-0.39, 0.29) is 0 Å². The van der Waals surface area contributed by atoms with Gasteiger partial charge in [-0.05, 0) is 24.3 Å². The molecule has 0 spiro atoms. The monoisotopic (exact) mass is 162 g/mol. The van der Waals surface area contributed by atoms with E-state index in [0.29, 0.717) is 5.41 Å². The summed E-state index contributed by atoms with van der Waals surface area (Å²) in [5, 5.41) is 0. The van der Waals surface area contributed by atoms with Crippen molar-refractivity contribution in [3.8, 4) is 0 Å². The van der Waals surface area contributed by atoms with Crippen LogP contribution in [-0.2, 0) is 6.42 Å². The molecule has 2 nitrogen and oxygen atoms in total. The van der Waals surface area contributed by atoms with E-state index in [9.17, 15) is 0 Å². The molecule has 1 N–H and O–H groups in total. The van der Waals surface area contributed by atoms with Crippen LogP contribution in [-0.4, -0.2) is 9.97 Å². The fourth-order valence-electron chi connectivity index (χ4n) is 1.51. The molecule has 2 heteroatoms. The zero-order chi connectivity index (χ0) is 8.60. The molecule has 1 aliphatic carbocycles. The first-order valence-electron chi connectivity index (χ1n) is 4.39. The van der Waals surface area contributed by atoms with Crippen LogP contribution in [0.25, 0.3) is 6.08 Å². The van der Waals surface area contributed by atoms with Crippen LogP contribution in [0.2, 0.25) is 0 Å². The fraction of sp³-hybridized carbons (Fsp3) is 0.500. The topological polar surface area (TPSA) is 28.7 Å². The summed E-state index contributed by atoms with van der Waals surface area (Å²) >= 11 is 0. The van der Waals surface area contributed by atoms with Gasteiger partial charge in [0.2, 0.25) is 0 Å². The van der Waals surface area contributed by atoms with Crippen LogP contribution in [0.1, 0.15) is 31.7 Å². The Morgan fingerprint density at radius 3 is 3.17 bits per heavy atom. The number of imidazole rings is 1. The third-order valence-electron chi connectivity index (χ3n) is 2.46. The summed E-state index contributed by atoms with van der Waals surface area (Å²) in [6.45, 7) is 4.52. The Morgan fingerprint density at radius 2 is 2.33 bits per heavy atom. The molecule has 1 aromatic heterocycles. The van der Waals surface area contributed by atoms with Crippen LogP contribution >= 0.6 is 0 Å². The highest BCUT2D eigenvalue weighted by molar-refractivity contribution is 5.49. The van der Waals surface area contributed by atoms with Crippen molar-refractivity contribution in [2.24, 2.45) is 5.41 Å². The summed E-state index contributed by atoms with van der Waals surface area (Å²) in [5.74, 6) is 0. The highest BCUT2D eigenvalue weighted by Crippen LogP contribution is 2.28. The van der Waals surface area contributed by atoms with E-state index in [1.807, 2.05) is 0 Å². The maximum absolute atomic E-state index is 4.24. The van der Waals surface area contributed by atoms with Crippen molar-refractivity contribution in [1.29, 1.82) is 0 Å². The summed E-state index contributed by atoms with van der Waals surface area (Å²) in [7, 11) is 0. The number of fused-ring (bicyclic) bond motifs is 1. The minimum atomic E-state index is 0.321. The van der Waals surface area contributed by atoms with Crippen LogP contribution in [0.3, 0.4) is 0 Å². The van der Waals surface area contributed by atoms with E-state index < -0.39 is 0 Å². The molecule has 64 valence electrons. The first-order valence-corrected chi connectivity index (χ1v) is 4.39. The Morgan fingerprint density at radius 1 is 1.50 bits per heavy atom. The number of hydrogen-bond acceptors (Lipinski definition) is 1. The molecule has 0 saturated heterocycles. The number of aromatic amines is 1. The lowest BCUT2D eigenvalue weighted by atomic mass is 9.88. The van der Waals surface area contributed by atoms with Gasteiger partial charge in [-0.15, -0.1) is 0 Å². The largest absolute Gasteiger partial charge is 0.348 e. The van der Waals surface area contributed by atoms with Crippen molar-refractivity contribution in [1.82, 2.24) is 9.97 Å². The van der Waals surface area contributed by atoms with Gasteiger partial charge in [-0.2, -0.15) is 0 Å². The van der Waals surface area contributed by atoms with Crippen molar-refractivity contribution >= 4 is 6.08 Å². The normalized spacial score (nSPS) is 20.2. The molecule has 2 rings (SSSR count). The minimum absolute atomic E-state index is 0.321. The average Bonchev–Trinajstić information content (AvgIpc) is 2.40. The first-order chi connectivity index (χ1) is 5.67. The zero-order valence-corrected chi connectivity index (χ0v) is 7.59. The van der Waals surface area contributed by atoms with Crippen LogP contribution in [0.5, 0.6) is 0 Å². The molecule has 0 aliphatic heterocycles. The molecule has 0 amide bonds. The predicted molar refractivity (Wildman–Crippen MR) is 49.7 cm³/mol. The molecule has 1 heterocycles. The summed E-state index contributed by atoms with van der Waals surface area (Å²) in [5.41, 5.74) is 2.71. The number of hydrogen-bond donors (Lipinski definition) is 1. The second-order valence-corrected chi connectivity index (χ2v) is 4.09. The summed E-state index contributed by atoms with van der Waals surface area (Å²) in [6.07, 6.45) is 8.44. The number of aryl methyl sites for hydroxylation is 1. The molecule has 0 radical (unpaired) electrons. The quantitative estimate of drug-likeness (QED) is 0.623. The SMILES string of the molecule is CC1(C)C=Cc2nc[nH]c2CC1. The fourth-order valence-corrected chi connectivity index (χ4v) is 1.51. The number of H-pyrrole nitrogens is 1. The van der Waals surface area contributed by atoms with Gasteiger partial charge in [-0.25, -0.2) is 4.98 Å². The highest BCUT2D eigenvalue weighted by Gasteiger charge is 2.18. The van der Waals surface area contributed by atoms with Crippen molar-refractivity contribution in [2.75, 3.05) is 0 Å². The Bertz CT molecular complexity index is 307. The zero-order valence-electron chi connectivity index (χ0n) is 7.59. The number of nitrogens with one attached hydrogen (secondary N) is 1. The lowest BCUT2D eigenvalue weighted by Crippen LogP contribution is -2.07. The van der Waals surface area contributed by atoms with E-state index in [0.717, 1.165) is 12.1 Å². The van der Waals surface area contributed by atoms with E-state index in [1.165, 1.54) is 12.1 Å². The standard InChI is InChI=1S/C10H14N2/c1-10(2)5-3-8-9(4-6-10)12-7-11-8/h3,5,7H,4,6H2,1-2H3,(H,11,12). The maximum Gasteiger partial charge on any atom is 0.0929 e. The number of nitrogens with zero attached hydrogens (tertiary/aromatic N) is 1. The van der Waals surface area contributed by atoms with Crippen molar-refractivity contribution in [3.05, 3.63) is 23.8 Å². The van der Waals surface area contributed by atoms with Gasteiger partial charge in [-0.1, -0.05) is 19.9 Å². The Hall–Kier alpha value is -1.05. The number of rotatable bonds is 0. The third-order valence-corrected chi connectivity index (χ3v) is 2.46. The second-order valence-electron chi connectivity index (χ2n) is 4.09. The van der Waals surface area contributed by atoms with Crippen molar-refractivity contribution in [2.45, 2.75) is 26.7 Å². The van der Waals surface area contributed by atoms with Gasteiger partial charge >= 0.3 is 0 Å². The number of allylic oxidation sites excluding steroid dienone is 1. The molecular weight excluding hydrogens is 148 g/mol.